The van der Waals surface area contributed by atoms with Crippen molar-refractivity contribution in [2.75, 3.05) is 6.61 Å². The molecule has 0 aromatic rings. The van der Waals surface area contributed by atoms with Gasteiger partial charge in [0.05, 0.1) is 0 Å². The number of hydrogen-bond donors (Lipinski definition) is 0. The molecule has 1 aliphatic rings. The van der Waals surface area contributed by atoms with E-state index in [9.17, 15) is 0 Å². The molecule has 0 unspecified atom stereocenters. The van der Waals surface area contributed by atoms with Crippen LogP contribution in [0.1, 0.15) is 20.3 Å². The van der Waals surface area contributed by atoms with Gasteiger partial charge in [-0.3, -0.25) is 0 Å². The van der Waals surface area contributed by atoms with E-state index in [1.165, 1.54) is 9.45 Å². The first kappa shape index (κ1) is 16.2. The number of halogens is 2. The first-order chi connectivity index (χ1) is 5.20. The largest absolute Gasteiger partial charge is 1.00 e. The minimum atomic E-state index is 0. The van der Waals surface area contributed by atoms with E-state index < -0.39 is 0 Å². The molecule has 0 bridgehead atoms. The molecular weight excluding hydrogens is 243 g/mol. The van der Waals surface area contributed by atoms with Crippen molar-refractivity contribution in [3.63, 3.8) is 0 Å². The number of ether oxygens (including phenoxy) is 1. The summed E-state index contributed by atoms with van der Waals surface area (Å²) in [7, 11) is 0. The standard InChI is InChI=1S/C9H13O.2ClH.Ti/c1-8(2)10-7-9-5-3-4-6-9;;;/h3,5,8H,4,7H2,1-2H3;2*1H;/q;;;+2/p-2. The summed E-state index contributed by atoms with van der Waals surface area (Å²) in [4.78, 5) is 0. The van der Waals surface area contributed by atoms with Crippen LogP contribution in [0.5, 0.6) is 0 Å². The number of hydrogen-bond acceptors (Lipinski definition) is 1. The van der Waals surface area contributed by atoms with Crippen molar-refractivity contribution in [3.05, 3.63) is 21.6 Å². The molecule has 0 amide bonds. The SMILES string of the molecule is CC(C)OCC1=[C]([Ti+2])CC=C1.[Cl-].[Cl-]. The Labute approximate surface area is 104 Å². The zero-order chi connectivity index (χ0) is 8.27. The van der Waals surface area contributed by atoms with E-state index in [2.05, 4.69) is 46.4 Å². The van der Waals surface area contributed by atoms with Gasteiger partial charge in [0, 0.05) is 0 Å². The molecule has 1 rings (SSSR count). The molecule has 0 heterocycles. The predicted molar refractivity (Wildman–Crippen MR) is 41.9 cm³/mol. The first-order valence-electron chi connectivity index (χ1n) is 3.92. The Morgan fingerprint density at radius 1 is 1.46 bits per heavy atom. The van der Waals surface area contributed by atoms with Gasteiger partial charge >= 0.3 is 79.8 Å². The van der Waals surface area contributed by atoms with Gasteiger partial charge in [-0.05, 0) is 0 Å². The van der Waals surface area contributed by atoms with E-state index in [4.69, 9.17) is 4.74 Å². The van der Waals surface area contributed by atoms with Crippen molar-refractivity contribution in [2.24, 2.45) is 0 Å². The molecule has 4 heteroatoms. The second-order valence-electron chi connectivity index (χ2n) is 2.97. The second-order valence-corrected chi connectivity index (χ2v) is 3.91. The normalized spacial score (nSPS) is 14.5. The van der Waals surface area contributed by atoms with E-state index >= 15 is 0 Å². The molecule has 0 fully saturated rings. The Morgan fingerprint density at radius 2 is 2.08 bits per heavy atom. The maximum atomic E-state index is 5.49. The van der Waals surface area contributed by atoms with Gasteiger partial charge in [0.15, 0.2) is 0 Å². The molecule has 0 saturated carbocycles. The molecule has 1 nitrogen and oxygen atoms in total. The van der Waals surface area contributed by atoms with Crippen LogP contribution in [0.2, 0.25) is 0 Å². The third kappa shape index (κ3) is 5.93. The van der Waals surface area contributed by atoms with Crippen LogP contribution in [0.4, 0.5) is 0 Å². The van der Waals surface area contributed by atoms with Crippen molar-refractivity contribution in [1.29, 1.82) is 0 Å². The van der Waals surface area contributed by atoms with E-state index in [1.54, 1.807) is 0 Å². The molecule has 0 atom stereocenters. The molecule has 1 aliphatic carbocycles. The van der Waals surface area contributed by atoms with Gasteiger partial charge in [0.25, 0.3) is 0 Å². The van der Waals surface area contributed by atoms with Crippen LogP contribution in [-0.2, 0) is 25.2 Å². The number of allylic oxidation sites excluding steroid dienone is 2. The van der Waals surface area contributed by atoms with Gasteiger partial charge in [-0.25, -0.2) is 0 Å². The summed E-state index contributed by atoms with van der Waals surface area (Å²) in [5.74, 6) is 0. The van der Waals surface area contributed by atoms with Gasteiger partial charge in [-0.15, -0.1) is 0 Å². The predicted octanol–water partition coefficient (Wildman–Crippen LogP) is -3.82. The van der Waals surface area contributed by atoms with Crippen molar-refractivity contribution < 1.29 is 50.0 Å². The average molecular weight is 256 g/mol. The molecule has 0 aromatic heterocycles. The minimum Gasteiger partial charge on any atom is -1.00 e. The van der Waals surface area contributed by atoms with E-state index in [-0.39, 0.29) is 24.8 Å². The summed E-state index contributed by atoms with van der Waals surface area (Å²) >= 11 is 2.17. The van der Waals surface area contributed by atoms with E-state index in [1.807, 2.05) is 0 Å². The third-order valence-corrected chi connectivity index (χ3v) is 2.42. The monoisotopic (exact) mass is 255 g/mol. The average Bonchev–Trinajstić information content (AvgIpc) is 2.31. The molecular formula is C9H13Cl2OTi. The molecule has 0 aliphatic heterocycles. The maximum absolute atomic E-state index is 5.49. The van der Waals surface area contributed by atoms with Crippen LogP contribution in [-0.4, -0.2) is 12.7 Å². The van der Waals surface area contributed by atoms with E-state index in [0.29, 0.717) is 6.10 Å². The summed E-state index contributed by atoms with van der Waals surface area (Å²) in [5, 5.41) is 0. The maximum Gasteiger partial charge on any atom is -1.00 e. The fourth-order valence-corrected chi connectivity index (χ4v) is 1.37. The fraction of sp³-hybridized carbons (Fsp3) is 0.556. The van der Waals surface area contributed by atoms with Crippen molar-refractivity contribution in [1.82, 2.24) is 0 Å². The summed E-state index contributed by atoms with van der Waals surface area (Å²) in [6, 6.07) is 0. The Morgan fingerprint density at radius 3 is 2.46 bits per heavy atom. The zero-order valence-corrected chi connectivity index (χ0v) is 10.9. The topological polar surface area (TPSA) is 9.23 Å². The van der Waals surface area contributed by atoms with Crippen molar-refractivity contribution in [3.8, 4) is 0 Å². The molecule has 0 N–H and O–H groups in total. The van der Waals surface area contributed by atoms with Crippen LogP contribution >= 0.6 is 0 Å². The Balaban J connectivity index is 0. The second kappa shape index (κ2) is 8.08. The summed E-state index contributed by atoms with van der Waals surface area (Å²) in [6.07, 6.45) is 5.80. The fourth-order valence-electron chi connectivity index (χ4n) is 0.942. The molecule has 13 heavy (non-hydrogen) atoms. The Bertz CT molecular complexity index is 200. The molecule has 73 valence electrons. The van der Waals surface area contributed by atoms with Gasteiger partial charge in [0.1, 0.15) is 0 Å². The Kier molecular flexibility index (Phi) is 10.0. The first-order valence-corrected chi connectivity index (χ1v) is 4.70. The smallest absolute Gasteiger partial charge is 1.00 e. The van der Waals surface area contributed by atoms with Crippen LogP contribution in [0, 0.1) is 0 Å². The van der Waals surface area contributed by atoms with E-state index in [0.717, 1.165) is 13.0 Å². The molecule has 0 radical (unpaired) electrons. The molecule has 0 spiro atoms. The minimum absolute atomic E-state index is 0. The molecule has 0 aromatic carbocycles. The Hall–Kier alpha value is 0.734. The van der Waals surface area contributed by atoms with Crippen LogP contribution in [0.15, 0.2) is 21.6 Å². The summed E-state index contributed by atoms with van der Waals surface area (Å²) in [6.45, 7) is 4.91. The molecule has 0 saturated heterocycles. The van der Waals surface area contributed by atoms with Gasteiger partial charge in [0.2, 0.25) is 0 Å². The van der Waals surface area contributed by atoms with Crippen LogP contribution < -0.4 is 24.8 Å². The number of rotatable bonds is 3. The summed E-state index contributed by atoms with van der Waals surface area (Å²) < 4.78 is 6.94. The van der Waals surface area contributed by atoms with Gasteiger partial charge in [-0.2, -0.15) is 0 Å². The van der Waals surface area contributed by atoms with Crippen molar-refractivity contribution in [2.45, 2.75) is 26.4 Å². The van der Waals surface area contributed by atoms with Gasteiger partial charge < -0.3 is 24.8 Å². The van der Waals surface area contributed by atoms with Gasteiger partial charge in [-0.1, -0.05) is 0 Å². The van der Waals surface area contributed by atoms with Crippen LogP contribution in [0.25, 0.3) is 0 Å². The third-order valence-electron chi connectivity index (χ3n) is 1.60. The van der Waals surface area contributed by atoms with Crippen molar-refractivity contribution >= 4 is 0 Å². The zero-order valence-electron chi connectivity index (χ0n) is 7.81. The van der Waals surface area contributed by atoms with Crippen LogP contribution in [0.3, 0.4) is 0 Å². The summed E-state index contributed by atoms with van der Waals surface area (Å²) in [5.41, 5.74) is 1.36. The quantitative estimate of drug-likeness (QED) is 0.470.